The topological polar surface area (TPSA) is 50.2 Å². The first-order valence-corrected chi connectivity index (χ1v) is 7.04. The van der Waals surface area contributed by atoms with Crippen LogP contribution in [-0.4, -0.2) is 41.1 Å². The summed E-state index contributed by atoms with van der Waals surface area (Å²) in [6.07, 6.45) is 4.65. The zero-order valence-corrected chi connectivity index (χ0v) is 12.1. The van der Waals surface area contributed by atoms with Gasteiger partial charge in [0.25, 0.3) is 5.56 Å². The third-order valence-corrected chi connectivity index (χ3v) is 3.52. The summed E-state index contributed by atoms with van der Waals surface area (Å²) in [6.45, 7) is 8.02. The fourth-order valence-corrected chi connectivity index (χ4v) is 2.54. The van der Waals surface area contributed by atoms with Crippen molar-refractivity contribution in [2.75, 3.05) is 32.0 Å². The van der Waals surface area contributed by atoms with E-state index in [1.165, 1.54) is 6.42 Å². The molecule has 1 aliphatic rings. The van der Waals surface area contributed by atoms with Gasteiger partial charge in [0.05, 0.1) is 0 Å². The van der Waals surface area contributed by atoms with Crippen LogP contribution in [0.1, 0.15) is 20.3 Å². The number of rotatable bonds is 5. The Morgan fingerprint density at radius 2 is 2.32 bits per heavy atom. The number of nitrogens with one attached hydrogen (secondary N) is 1. The van der Waals surface area contributed by atoms with Crippen LogP contribution in [0.3, 0.4) is 0 Å². The Labute approximate surface area is 114 Å². The molecule has 1 saturated heterocycles. The van der Waals surface area contributed by atoms with Crippen molar-refractivity contribution < 1.29 is 0 Å². The molecule has 0 saturated carbocycles. The maximum Gasteiger partial charge on any atom is 0.293 e. The molecule has 1 unspecified atom stereocenters. The molecule has 1 fully saturated rings. The minimum Gasteiger partial charge on any atom is -0.365 e. The molecule has 1 aliphatic heterocycles. The van der Waals surface area contributed by atoms with Gasteiger partial charge in [-0.25, -0.2) is 4.98 Å². The number of hydrogen-bond acceptors (Lipinski definition) is 4. The van der Waals surface area contributed by atoms with Gasteiger partial charge in [0.2, 0.25) is 0 Å². The first-order chi connectivity index (χ1) is 9.06. The minimum absolute atomic E-state index is 0.0115. The van der Waals surface area contributed by atoms with E-state index in [0.29, 0.717) is 17.7 Å². The van der Waals surface area contributed by atoms with Gasteiger partial charge in [-0.05, 0) is 31.8 Å². The Morgan fingerprint density at radius 3 is 2.95 bits per heavy atom. The fraction of sp³-hybridized carbons (Fsp3) is 0.714. The second kappa shape index (κ2) is 6.19. The van der Waals surface area contributed by atoms with Crippen LogP contribution in [-0.2, 0) is 6.54 Å². The smallest absolute Gasteiger partial charge is 0.293 e. The first kappa shape index (κ1) is 14.1. The number of nitrogens with zero attached hydrogens (tertiary/aromatic N) is 3. The van der Waals surface area contributed by atoms with E-state index < -0.39 is 0 Å². The highest BCUT2D eigenvalue weighted by Crippen LogP contribution is 2.14. The number of aromatic nitrogens is 2. The summed E-state index contributed by atoms with van der Waals surface area (Å²) in [5.41, 5.74) is -0.0115. The zero-order chi connectivity index (χ0) is 13.8. The van der Waals surface area contributed by atoms with E-state index >= 15 is 0 Å². The van der Waals surface area contributed by atoms with Gasteiger partial charge >= 0.3 is 0 Å². The van der Waals surface area contributed by atoms with Crippen LogP contribution in [0.15, 0.2) is 17.2 Å². The predicted octanol–water partition coefficient (Wildman–Crippen LogP) is 1.26. The molecular weight excluding hydrogens is 240 g/mol. The van der Waals surface area contributed by atoms with Crippen molar-refractivity contribution in [2.45, 2.75) is 26.8 Å². The third kappa shape index (κ3) is 3.80. The van der Waals surface area contributed by atoms with E-state index in [0.717, 1.165) is 26.2 Å². The van der Waals surface area contributed by atoms with Crippen molar-refractivity contribution in [1.29, 1.82) is 0 Å². The van der Waals surface area contributed by atoms with E-state index in [1.807, 2.05) is 0 Å². The molecule has 2 rings (SSSR count). The summed E-state index contributed by atoms with van der Waals surface area (Å²) in [7, 11) is 2.14. The van der Waals surface area contributed by atoms with E-state index in [-0.39, 0.29) is 5.56 Å². The highest BCUT2D eigenvalue weighted by molar-refractivity contribution is 5.30. The molecule has 2 heterocycles. The molecule has 1 N–H and O–H groups in total. The Balaban J connectivity index is 1.98. The summed E-state index contributed by atoms with van der Waals surface area (Å²) in [5.74, 6) is 1.55. The summed E-state index contributed by atoms with van der Waals surface area (Å²) < 4.78 is 1.74. The SMILES string of the molecule is CC(C)Cn1ccnc(NCC2CCN(C)C2)c1=O. The second-order valence-corrected chi connectivity index (χ2v) is 5.93. The quantitative estimate of drug-likeness (QED) is 0.870. The number of anilines is 1. The minimum atomic E-state index is -0.0115. The maximum absolute atomic E-state index is 12.2. The normalized spacial score (nSPS) is 20.1. The van der Waals surface area contributed by atoms with E-state index in [4.69, 9.17) is 0 Å². The van der Waals surface area contributed by atoms with Crippen LogP contribution in [0.25, 0.3) is 0 Å². The van der Waals surface area contributed by atoms with Crippen LogP contribution in [0.2, 0.25) is 0 Å². The van der Waals surface area contributed by atoms with Crippen LogP contribution < -0.4 is 10.9 Å². The average Bonchev–Trinajstić information content (AvgIpc) is 2.76. The van der Waals surface area contributed by atoms with Crippen LogP contribution >= 0.6 is 0 Å². The highest BCUT2D eigenvalue weighted by atomic mass is 16.1. The Kier molecular flexibility index (Phi) is 4.58. The summed E-state index contributed by atoms with van der Waals surface area (Å²) in [6, 6.07) is 0. The lowest BCUT2D eigenvalue weighted by molar-refractivity contribution is 0.399. The lowest BCUT2D eigenvalue weighted by atomic mass is 10.1. The lowest BCUT2D eigenvalue weighted by Crippen LogP contribution is -2.28. The largest absolute Gasteiger partial charge is 0.365 e. The van der Waals surface area contributed by atoms with Gasteiger partial charge in [-0.15, -0.1) is 0 Å². The van der Waals surface area contributed by atoms with Crippen molar-refractivity contribution in [1.82, 2.24) is 14.5 Å². The molecule has 0 aliphatic carbocycles. The van der Waals surface area contributed by atoms with Gasteiger partial charge in [-0.2, -0.15) is 0 Å². The second-order valence-electron chi connectivity index (χ2n) is 5.93. The van der Waals surface area contributed by atoms with Crippen LogP contribution in [0.4, 0.5) is 5.82 Å². The van der Waals surface area contributed by atoms with Crippen LogP contribution in [0.5, 0.6) is 0 Å². The Morgan fingerprint density at radius 1 is 1.53 bits per heavy atom. The molecule has 0 amide bonds. The fourth-order valence-electron chi connectivity index (χ4n) is 2.54. The van der Waals surface area contributed by atoms with Crippen molar-refractivity contribution in [2.24, 2.45) is 11.8 Å². The van der Waals surface area contributed by atoms with E-state index in [2.05, 4.69) is 36.1 Å². The molecule has 0 aromatic carbocycles. The molecule has 5 heteroatoms. The lowest BCUT2D eigenvalue weighted by Gasteiger charge is -2.13. The van der Waals surface area contributed by atoms with Crippen molar-refractivity contribution in [3.05, 3.63) is 22.7 Å². The molecule has 0 radical (unpaired) electrons. The molecule has 19 heavy (non-hydrogen) atoms. The van der Waals surface area contributed by atoms with Gasteiger partial charge in [0, 0.05) is 32.0 Å². The number of hydrogen-bond donors (Lipinski definition) is 1. The Hall–Kier alpha value is -1.36. The molecule has 106 valence electrons. The monoisotopic (exact) mass is 264 g/mol. The van der Waals surface area contributed by atoms with E-state index in [9.17, 15) is 4.79 Å². The average molecular weight is 264 g/mol. The number of likely N-dealkylation sites (tertiary alicyclic amines) is 1. The molecule has 1 aromatic heterocycles. The van der Waals surface area contributed by atoms with Gasteiger partial charge < -0.3 is 14.8 Å². The molecule has 0 bridgehead atoms. The van der Waals surface area contributed by atoms with Gasteiger partial charge in [-0.3, -0.25) is 4.79 Å². The zero-order valence-electron chi connectivity index (χ0n) is 12.1. The van der Waals surface area contributed by atoms with Crippen molar-refractivity contribution in [3.63, 3.8) is 0 Å². The Bertz CT molecular complexity index is 469. The molecule has 5 nitrogen and oxygen atoms in total. The van der Waals surface area contributed by atoms with Crippen molar-refractivity contribution >= 4 is 5.82 Å². The summed E-state index contributed by atoms with van der Waals surface area (Å²) >= 11 is 0. The summed E-state index contributed by atoms with van der Waals surface area (Å²) in [5, 5.41) is 3.22. The molecule has 1 atom stereocenters. The molecule has 0 spiro atoms. The van der Waals surface area contributed by atoms with Gasteiger partial charge in [0.15, 0.2) is 5.82 Å². The molecule has 1 aromatic rings. The summed E-state index contributed by atoms with van der Waals surface area (Å²) in [4.78, 5) is 18.7. The first-order valence-electron chi connectivity index (χ1n) is 7.04. The van der Waals surface area contributed by atoms with Crippen molar-refractivity contribution in [3.8, 4) is 0 Å². The highest BCUT2D eigenvalue weighted by Gasteiger charge is 2.19. The van der Waals surface area contributed by atoms with Crippen LogP contribution in [0, 0.1) is 11.8 Å². The maximum atomic E-state index is 12.2. The predicted molar refractivity (Wildman–Crippen MR) is 77.4 cm³/mol. The van der Waals surface area contributed by atoms with Gasteiger partial charge in [0.1, 0.15) is 0 Å². The van der Waals surface area contributed by atoms with E-state index in [1.54, 1.807) is 17.0 Å². The third-order valence-electron chi connectivity index (χ3n) is 3.52. The van der Waals surface area contributed by atoms with Gasteiger partial charge in [-0.1, -0.05) is 13.8 Å². The standard InChI is InChI=1S/C14H24N4O/c1-11(2)9-18-7-5-15-13(14(18)19)16-8-12-4-6-17(3)10-12/h5,7,11-12H,4,6,8-10H2,1-3H3,(H,15,16). The molecular formula is C14H24N4O.